The van der Waals surface area contributed by atoms with Crippen molar-refractivity contribution in [1.29, 1.82) is 0 Å². The lowest BCUT2D eigenvalue weighted by molar-refractivity contribution is 0.584. The highest BCUT2D eigenvalue weighted by molar-refractivity contribution is 7.93. The first-order valence-electron chi connectivity index (χ1n) is 11.5. The number of rotatable bonds is 9. The predicted octanol–water partition coefficient (Wildman–Crippen LogP) is 5.39. The lowest BCUT2D eigenvalue weighted by atomic mass is 10.2. The van der Waals surface area contributed by atoms with Crippen molar-refractivity contribution in [1.82, 2.24) is 0 Å². The molecule has 0 saturated heterocycles. The van der Waals surface area contributed by atoms with Gasteiger partial charge in [-0.15, -0.1) is 0 Å². The van der Waals surface area contributed by atoms with Crippen molar-refractivity contribution in [3.63, 3.8) is 0 Å². The van der Waals surface area contributed by atoms with Crippen molar-refractivity contribution in [3.8, 4) is 0 Å². The van der Waals surface area contributed by atoms with Gasteiger partial charge in [-0.3, -0.25) is 8.61 Å². The molecule has 0 aromatic heterocycles. The Labute approximate surface area is 213 Å². The summed E-state index contributed by atoms with van der Waals surface area (Å²) in [6.07, 6.45) is 0. The summed E-state index contributed by atoms with van der Waals surface area (Å²) in [5, 5.41) is 0. The molecule has 0 unspecified atom stereocenters. The molecule has 0 bridgehead atoms. The van der Waals surface area contributed by atoms with Crippen LogP contribution in [0.1, 0.15) is 11.1 Å². The molecule has 0 heterocycles. The fourth-order valence-electron chi connectivity index (χ4n) is 3.82. The molecule has 8 heteroatoms. The third-order valence-electron chi connectivity index (χ3n) is 5.81. The van der Waals surface area contributed by atoms with E-state index in [2.05, 4.69) is 0 Å². The SMILES string of the molecule is Cc1ccc(S(=O)(=O)N(CCN(c2ccccc2)S(=O)(=O)c2ccc(C)cc2)c2ccccc2)cc1. The van der Waals surface area contributed by atoms with Crippen molar-refractivity contribution >= 4 is 31.4 Å². The molecular weight excluding hydrogens is 492 g/mol. The number of anilines is 2. The maximum atomic E-state index is 13.7. The highest BCUT2D eigenvalue weighted by Gasteiger charge is 2.29. The van der Waals surface area contributed by atoms with Gasteiger partial charge in [-0.25, -0.2) is 16.8 Å². The minimum absolute atomic E-state index is 0.0831. The minimum atomic E-state index is -3.95. The van der Waals surface area contributed by atoms with E-state index in [-0.39, 0.29) is 22.9 Å². The van der Waals surface area contributed by atoms with E-state index in [1.54, 1.807) is 109 Å². The summed E-state index contributed by atoms with van der Waals surface area (Å²) in [4.78, 5) is 0.286. The third-order valence-corrected chi connectivity index (χ3v) is 9.50. The Bertz CT molecular complexity index is 1390. The van der Waals surface area contributed by atoms with Gasteiger partial charge in [0.1, 0.15) is 0 Å². The number of sulfonamides is 2. The number of nitrogens with zero attached hydrogens (tertiary/aromatic N) is 2. The van der Waals surface area contributed by atoms with Crippen LogP contribution in [0.5, 0.6) is 0 Å². The summed E-state index contributed by atoms with van der Waals surface area (Å²) in [5.74, 6) is 0. The average Bonchev–Trinajstić information content (AvgIpc) is 2.88. The maximum absolute atomic E-state index is 13.7. The van der Waals surface area contributed by atoms with Gasteiger partial charge in [0.2, 0.25) is 0 Å². The van der Waals surface area contributed by atoms with Crippen molar-refractivity contribution in [2.75, 3.05) is 21.7 Å². The van der Waals surface area contributed by atoms with E-state index >= 15 is 0 Å². The zero-order chi connectivity index (χ0) is 25.8. The highest BCUT2D eigenvalue weighted by atomic mass is 32.2. The van der Waals surface area contributed by atoms with E-state index in [9.17, 15) is 16.8 Å². The smallest absolute Gasteiger partial charge is 0.264 e. The molecule has 0 aliphatic carbocycles. The predicted molar refractivity (Wildman–Crippen MR) is 144 cm³/mol. The van der Waals surface area contributed by atoms with Gasteiger partial charge in [-0.05, 0) is 62.4 Å². The molecule has 0 spiro atoms. The van der Waals surface area contributed by atoms with Gasteiger partial charge in [0.15, 0.2) is 0 Å². The van der Waals surface area contributed by atoms with Crippen molar-refractivity contribution < 1.29 is 16.8 Å². The molecule has 0 saturated carbocycles. The van der Waals surface area contributed by atoms with Gasteiger partial charge in [-0.2, -0.15) is 0 Å². The van der Waals surface area contributed by atoms with Crippen LogP contribution in [-0.4, -0.2) is 29.9 Å². The van der Waals surface area contributed by atoms with Crippen LogP contribution in [0, 0.1) is 13.8 Å². The first kappa shape index (κ1) is 25.5. The molecular formula is C28H28N2O4S2. The molecule has 4 rings (SSSR count). The summed E-state index contributed by atoms with van der Waals surface area (Å²) in [7, 11) is -7.91. The fourth-order valence-corrected chi connectivity index (χ4v) is 6.73. The molecule has 0 amide bonds. The lowest BCUT2D eigenvalue weighted by Gasteiger charge is -2.30. The van der Waals surface area contributed by atoms with Gasteiger partial charge in [0, 0.05) is 0 Å². The van der Waals surface area contributed by atoms with Gasteiger partial charge < -0.3 is 0 Å². The molecule has 0 atom stereocenters. The largest absolute Gasteiger partial charge is 0.265 e. The van der Waals surface area contributed by atoms with Crippen LogP contribution in [0.25, 0.3) is 0 Å². The molecule has 4 aromatic carbocycles. The molecule has 36 heavy (non-hydrogen) atoms. The third kappa shape index (κ3) is 5.45. The number of benzene rings is 4. The first-order chi connectivity index (χ1) is 17.2. The second-order valence-corrected chi connectivity index (χ2v) is 12.2. The maximum Gasteiger partial charge on any atom is 0.264 e. The number of hydrogen-bond donors (Lipinski definition) is 0. The van der Waals surface area contributed by atoms with Gasteiger partial charge in [0.25, 0.3) is 20.0 Å². The summed E-state index contributed by atoms with van der Waals surface area (Å²) < 4.78 is 57.4. The second kappa shape index (κ2) is 10.6. The number of aryl methyl sites for hydroxylation is 2. The topological polar surface area (TPSA) is 74.8 Å². The average molecular weight is 521 g/mol. The summed E-state index contributed by atoms with van der Waals surface area (Å²) in [5.41, 5.74) is 2.80. The van der Waals surface area contributed by atoms with E-state index in [1.165, 1.54) is 8.61 Å². The normalized spacial score (nSPS) is 11.7. The van der Waals surface area contributed by atoms with Crippen LogP contribution in [0.4, 0.5) is 11.4 Å². The number of hydrogen-bond acceptors (Lipinski definition) is 4. The molecule has 0 radical (unpaired) electrons. The molecule has 0 aliphatic rings. The molecule has 0 aliphatic heterocycles. The lowest BCUT2D eigenvalue weighted by Crippen LogP contribution is -2.41. The van der Waals surface area contributed by atoms with Crippen LogP contribution in [0.3, 0.4) is 0 Å². The first-order valence-corrected chi connectivity index (χ1v) is 14.4. The summed E-state index contributed by atoms with van der Waals surface area (Å²) in [6, 6.07) is 30.7. The Morgan fingerprint density at radius 3 is 1.08 bits per heavy atom. The molecule has 4 aromatic rings. The van der Waals surface area contributed by atoms with E-state index in [0.29, 0.717) is 11.4 Å². The van der Waals surface area contributed by atoms with Crippen LogP contribution >= 0.6 is 0 Å². The van der Waals surface area contributed by atoms with E-state index in [4.69, 9.17) is 0 Å². The van der Waals surface area contributed by atoms with E-state index in [1.807, 2.05) is 13.8 Å². The molecule has 186 valence electrons. The summed E-state index contributed by atoms with van der Waals surface area (Å²) in [6.45, 7) is 3.61. The zero-order valence-electron chi connectivity index (χ0n) is 20.2. The molecule has 0 fully saturated rings. The second-order valence-electron chi connectivity index (χ2n) is 8.45. The highest BCUT2D eigenvalue weighted by Crippen LogP contribution is 2.27. The van der Waals surface area contributed by atoms with Gasteiger partial charge in [-0.1, -0.05) is 71.8 Å². The molecule has 6 nitrogen and oxygen atoms in total. The van der Waals surface area contributed by atoms with Crippen molar-refractivity contribution in [2.24, 2.45) is 0 Å². The zero-order valence-corrected chi connectivity index (χ0v) is 21.8. The van der Waals surface area contributed by atoms with Gasteiger partial charge >= 0.3 is 0 Å². The van der Waals surface area contributed by atoms with Crippen LogP contribution < -0.4 is 8.61 Å². The Morgan fingerprint density at radius 1 is 0.472 bits per heavy atom. The Morgan fingerprint density at radius 2 is 0.778 bits per heavy atom. The Hall–Kier alpha value is -3.62. The van der Waals surface area contributed by atoms with Gasteiger partial charge in [0.05, 0.1) is 34.3 Å². The fraction of sp³-hybridized carbons (Fsp3) is 0.143. The van der Waals surface area contributed by atoms with Crippen LogP contribution in [0.2, 0.25) is 0 Å². The Balaban J connectivity index is 1.75. The molecule has 0 N–H and O–H groups in total. The van der Waals surface area contributed by atoms with Crippen LogP contribution in [0.15, 0.2) is 119 Å². The Kier molecular flexibility index (Phi) is 7.47. The van der Waals surface area contributed by atoms with E-state index in [0.717, 1.165) is 11.1 Å². The van der Waals surface area contributed by atoms with Crippen LogP contribution in [-0.2, 0) is 20.0 Å². The minimum Gasteiger partial charge on any atom is -0.265 e. The van der Waals surface area contributed by atoms with Crippen molar-refractivity contribution in [3.05, 3.63) is 120 Å². The monoisotopic (exact) mass is 520 g/mol. The number of para-hydroxylation sites is 2. The standard InChI is InChI=1S/C28H28N2O4S2/c1-23-13-17-27(18-14-23)35(31,32)29(25-9-5-3-6-10-25)21-22-30(26-11-7-4-8-12-26)36(33,34)28-19-15-24(2)16-20-28/h3-20H,21-22H2,1-2H3. The quantitative estimate of drug-likeness (QED) is 0.296. The van der Waals surface area contributed by atoms with E-state index < -0.39 is 20.0 Å². The summed E-state index contributed by atoms with van der Waals surface area (Å²) >= 11 is 0. The van der Waals surface area contributed by atoms with Crippen molar-refractivity contribution in [2.45, 2.75) is 23.6 Å².